The summed E-state index contributed by atoms with van der Waals surface area (Å²) in [5.74, 6) is 0.301. The summed E-state index contributed by atoms with van der Waals surface area (Å²) < 4.78 is 0. The number of hydrogen-bond acceptors (Lipinski definition) is 2. The monoisotopic (exact) mass is 163 g/mol. The lowest BCUT2D eigenvalue weighted by atomic mass is 9.91. The molecule has 1 aliphatic carbocycles. The third kappa shape index (κ3) is 2.29. The van der Waals surface area contributed by atoms with Gasteiger partial charge in [0.1, 0.15) is 0 Å². The largest absolute Gasteiger partial charge is 0.396 e. The normalized spacial score (nSPS) is 31.4. The number of nitrogens with two attached hydrogens (primary N) is 1. The maximum absolute atomic E-state index is 8.75. The van der Waals surface area contributed by atoms with Gasteiger partial charge in [-0.1, -0.05) is 12.2 Å². The van der Waals surface area contributed by atoms with Gasteiger partial charge in [-0.2, -0.15) is 0 Å². The van der Waals surface area contributed by atoms with Crippen LogP contribution in [0, 0.1) is 5.92 Å². The molecular weight excluding hydrogens is 150 g/mol. The van der Waals surface area contributed by atoms with E-state index in [1.54, 1.807) is 0 Å². The van der Waals surface area contributed by atoms with Gasteiger partial charge in [-0.15, -0.1) is 12.4 Å². The first kappa shape index (κ1) is 9.95. The summed E-state index contributed by atoms with van der Waals surface area (Å²) in [5, 5.41) is 8.75. The van der Waals surface area contributed by atoms with Gasteiger partial charge in [-0.25, -0.2) is 0 Å². The van der Waals surface area contributed by atoms with E-state index < -0.39 is 0 Å². The number of rotatable bonds is 1. The Morgan fingerprint density at radius 3 is 2.40 bits per heavy atom. The van der Waals surface area contributed by atoms with Crippen molar-refractivity contribution < 1.29 is 5.11 Å². The maximum Gasteiger partial charge on any atom is 0.0477 e. The molecule has 0 aromatic rings. The van der Waals surface area contributed by atoms with Crippen LogP contribution in [-0.4, -0.2) is 17.8 Å². The molecule has 0 aromatic carbocycles. The Morgan fingerprint density at radius 2 is 2.00 bits per heavy atom. The van der Waals surface area contributed by atoms with Gasteiger partial charge >= 0.3 is 0 Å². The molecule has 0 aliphatic heterocycles. The van der Waals surface area contributed by atoms with Crippen molar-refractivity contribution in [2.75, 3.05) is 6.61 Å². The molecule has 1 rings (SSSR count). The van der Waals surface area contributed by atoms with Crippen LogP contribution in [0.5, 0.6) is 0 Å². The molecule has 3 N–H and O–H groups in total. The zero-order valence-electron chi connectivity index (χ0n) is 5.86. The van der Waals surface area contributed by atoms with E-state index in [9.17, 15) is 0 Å². The van der Waals surface area contributed by atoms with Gasteiger partial charge < -0.3 is 10.8 Å². The van der Waals surface area contributed by atoms with E-state index in [0.717, 1.165) is 12.8 Å². The molecule has 3 heteroatoms. The minimum Gasteiger partial charge on any atom is -0.396 e. The highest BCUT2D eigenvalue weighted by molar-refractivity contribution is 5.85. The molecule has 2 nitrogen and oxygen atoms in total. The molecule has 0 radical (unpaired) electrons. The Hall–Kier alpha value is -0.0500. The number of aliphatic hydroxyl groups excluding tert-OH is 1. The van der Waals surface area contributed by atoms with Crippen LogP contribution in [0.1, 0.15) is 12.8 Å². The van der Waals surface area contributed by atoms with Crippen molar-refractivity contribution in [1.29, 1.82) is 0 Å². The number of hydrogen-bond donors (Lipinski definition) is 2. The number of allylic oxidation sites excluding steroid dienone is 1. The fourth-order valence-corrected chi connectivity index (χ4v) is 1.10. The van der Waals surface area contributed by atoms with Gasteiger partial charge in [0.15, 0.2) is 0 Å². The first-order valence-electron chi connectivity index (χ1n) is 3.36. The Bertz CT molecular complexity index is 116. The van der Waals surface area contributed by atoms with Crippen LogP contribution < -0.4 is 5.73 Å². The third-order valence-corrected chi connectivity index (χ3v) is 1.85. The molecule has 1 aliphatic rings. The van der Waals surface area contributed by atoms with Gasteiger partial charge in [0.2, 0.25) is 0 Å². The van der Waals surface area contributed by atoms with Crippen molar-refractivity contribution in [1.82, 2.24) is 0 Å². The second-order valence-corrected chi connectivity index (χ2v) is 2.55. The van der Waals surface area contributed by atoms with E-state index in [0.29, 0.717) is 5.92 Å². The van der Waals surface area contributed by atoms with Crippen LogP contribution in [0.25, 0.3) is 0 Å². The lowest BCUT2D eigenvalue weighted by molar-refractivity contribution is 0.202. The van der Waals surface area contributed by atoms with Gasteiger partial charge in [0.05, 0.1) is 0 Å². The molecule has 0 bridgehead atoms. The Kier molecular flexibility index (Phi) is 4.69. The fourth-order valence-electron chi connectivity index (χ4n) is 1.10. The van der Waals surface area contributed by atoms with E-state index in [1.165, 1.54) is 0 Å². The SMILES string of the molecule is Cl.N[C@H]1CC=CC[C@@H]1CO. The standard InChI is InChI=1S/C7H13NO.ClH/c8-7-4-2-1-3-6(7)5-9;/h1-2,6-7,9H,3-5,8H2;1H/t6-,7+;/m1./s1. The molecule has 0 saturated carbocycles. The molecule has 0 aromatic heterocycles. The second kappa shape index (κ2) is 4.72. The zero-order chi connectivity index (χ0) is 6.69. The molecule has 0 amide bonds. The van der Waals surface area contributed by atoms with Gasteiger partial charge in [0, 0.05) is 18.6 Å². The predicted molar refractivity (Wildman–Crippen MR) is 44.2 cm³/mol. The minimum absolute atomic E-state index is 0. The molecule has 0 unspecified atom stereocenters. The first-order valence-corrected chi connectivity index (χ1v) is 3.36. The van der Waals surface area contributed by atoms with Crippen molar-refractivity contribution >= 4 is 12.4 Å². The topological polar surface area (TPSA) is 46.2 Å². The number of halogens is 1. The summed E-state index contributed by atoms with van der Waals surface area (Å²) in [6, 6.07) is 0.181. The van der Waals surface area contributed by atoms with Crippen molar-refractivity contribution in [3.05, 3.63) is 12.2 Å². The second-order valence-electron chi connectivity index (χ2n) is 2.55. The summed E-state index contributed by atoms with van der Waals surface area (Å²) in [4.78, 5) is 0. The molecule has 0 fully saturated rings. The van der Waals surface area contributed by atoms with Crippen LogP contribution in [-0.2, 0) is 0 Å². The Morgan fingerprint density at radius 1 is 1.40 bits per heavy atom. The van der Waals surface area contributed by atoms with Crippen LogP contribution >= 0.6 is 12.4 Å². The zero-order valence-corrected chi connectivity index (χ0v) is 6.68. The third-order valence-electron chi connectivity index (χ3n) is 1.85. The Labute approximate surface area is 67.5 Å². The first-order chi connectivity index (χ1) is 4.34. The van der Waals surface area contributed by atoms with Crippen molar-refractivity contribution in [2.24, 2.45) is 11.7 Å². The highest BCUT2D eigenvalue weighted by Crippen LogP contribution is 2.15. The van der Waals surface area contributed by atoms with Crippen molar-refractivity contribution in [2.45, 2.75) is 18.9 Å². The molecule has 2 atom stereocenters. The molecule has 0 spiro atoms. The molecular formula is C7H14ClNO. The van der Waals surface area contributed by atoms with E-state index in [-0.39, 0.29) is 25.1 Å². The van der Waals surface area contributed by atoms with Crippen molar-refractivity contribution in [3.63, 3.8) is 0 Å². The van der Waals surface area contributed by atoms with Crippen LogP contribution in [0.2, 0.25) is 0 Å². The number of aliphatic hydroxyl groups is 1. The highest BCUT2D eigenvalue weighted by atomic mass is 35.5. The van der Waals surface area contributed by atoms with E-state index in [4.69, 9.17) is 10.8 Å². The fraction of sp³-hybridized carbons (Fsp3) is 0.714. The Balaban J connectivity index is 0.000000810. The minimum atomic E-state index is 0. The molecule has 60 valence electrons. The smallest absolute Gasteiger partial charge is 0.0477 e. The predicted octanol–water partition coefficient (Wildman–Crippen LogP) is 0.694. The lowest BCUT2D eigenvalue weighted by Gasteiger charge is -2.22. The van der Waals surface area contributed by atoms with E-state index >= 15 is 0 Å². The van der Waals surface area contributed by atoms with Crippen LogP contribution in [0.4, 0.5) is 0 Å². The van der Waals surface area contributed by atoms with Gasteiger partial charge in [-0.05, 0) is 12.8 Å². The van der Waals surface area contributed by atoms with Crippen molar-refractivity contribution in [3.8, 4) is 0 Å². The van der Waals surface area contributed by atoms with Gasteiger partial charge in [-0.3, -0.25) is 0 Å². The summed E-state index contributed by atoms with van der Waals surface area (Å²) in [6.45, 7) is 0.228. The van der Waals surface area contributed by atoms with Crippen LogP contribution in [0.3, 0.4) is 0 Å². The quantitative estimate of drug-likeness (QED) is 0.559. The molecule has 0 saturated heterocycles. The lowest BCUT2D eigenvalue weighted by Crippen LogP contribution is -2.33. The highest BCUT2D eigenvalue weighted by Gasteiger charge is 2.16. The summed E-state index contributed by atoms with van der Waals surface area (Å²) >= 11 is 0. The van der Waals surface area contributed by atoms with Gasteiger partial charge in [0.25, 0.3) is 0 Å². The van der Waals surface area contributed by atoms with Crippen LogP contribution in [0.15, 0.2) is 12.2 Å². The molecule has 10 heavy (non-hydrogen) atoms. The molecule has 0 heterocycles. The van der Waals surface area contributed by atoms with E-state index in [2.05, 4.69) is 12.2 Å². The average Bonchev–Trinajstić information content (AvgIpc) is 1.89. The summed E-state index contributed by atoms with van der Waals surface area (Å²) in [5.41, 5.74) is 5.68. The van der Waals surface area contributed by atoms with E-state index in [1.807, 2.05) is 0 Å². The average molecular weight is 164 g/mol. The summed E-state index contributed by atoms with van der Waals surface area (Å²) in [6.07, 6.45) is 6.03. The summed E-state index contributed by atoms with van der Waals surface area (Å²) in [7, 11) is 0. The maximum atomic E-state index is 8.75.